The van der Waals surface area contributed by atoms with Crippen molar-refractivity contribution in [2.24, 2.45) is 5.73 Å². The Balaban J connectivity index is 3.01. The van der Waals surface area contributed by atoms with Crippen LogP contribution in [-0.4, -0.2) is 12.0 Å². The molecule has 0 radical (unpaired) electrons. The molecule has 1 rings (SSSR count). The Kier molecular flexibility index (Phi) is 5.10. The summed E-state index contributed by atoms with van der Waals surface area (Å²) >= 11 is 0. The van der Waals surface area contributed by atoms with Crippen LogP contribution in [0.25, 0.3) is 0 Å². The van der Waals surface area contributed by atoms with Gasteiger partial charge in [0.2, 0.25) is 0 Å². The number of anilines is 1. The summed E-state index contributed by atoms with van der Waals surface area (Å²) in [5, 5.41) is 2.65. The van der Waals surface area contributed by atoms with Crippen LogP contribution in [0.5, 0.6) is 0 Å². The molecule has 0 saturated carbocycles. The van der Waals surface area contributed by atoms with E-state index in [4.69, 9.17) is 5.73 Å². The number of halogens is 3. The first-order valence-corrected chi connectivity index (χ1v) is 5.79. The second-order valence-corrected chi connectivity index (χ2v) is 4.17. The number of hydrogen-bond acceptors (Lipinski definition) is 3. The van der Waals surface area contributed by atoms with Gasteiger partial charge in [0.15, 0.2) is 5.78 Å². The minimum absolute atomic E-state index is 0.179. The number of rotatable bonds is 5. The fraction of sp³-hybridized carbons (Fsp3) is 0.214. The van der Waals surface area contributed by atoms with Crippen molar-refractivity contribution < 1.29 is 18.0 Å². The summed E-state index contributed by atoms with van der Waals surface area (Å²) in [6.07, 6.45) is -3.88. The van der Waals surface area contributed by atoms with Crippen molar-refractivity contribution in [1.82, 2.24) is 0 Å². The molecule has 1 aromatic rings. The summed E-state index contributed by atoms with van der Waals surface area (Å²) in [6, 6.07) is 6.76. The molecule has 3 N–H and O–H groups in total. The molecule has 0 aromatic heterocycles. The summed E-state index contributed by atoms with van der Waals surface area (Å²) < 4.78 is 37.3. The number of hydrogen-bond donors (Lipinski definition) is 2. The molecule has 6 heteroatoms. The zero-order valence-electron chi connectivity index (χ0n) is 10.9. The van der Waals surface area contributed by atoms with E-state index in [2.05, 4.69) is 11.9 Å². The molecule has 108 valence electrons. The number of nitrogens with two attached hydrogens (primary N) is 1. The molecule has 3 nitrogen and oxygen atoms in total. The number of nitrogens with one attached hydrogen (secondary N) is 1. The van der Waals surface area contributed by atoms with Gasteiger partial charge in [-0.15, -0.1) is 0 Å². The van der Waals surface area contributed by atoms with E-state index in [1.165, 1.54) is 6.92 Å². The van der Waals surface area contributed by atoms with Gasteiger partial charge in [-0.1, -0.05) is 18.7 Å². The first-order valence-electron chi connectivity index (χ1n) is 5.79. The van der Waals surface area contributed by atoms with Crippen LogP contribution < -0.4 is 11.1 Å². The van der Waals surface area contributed by atoms with Crippen LogP contribution in [0.2, 0.25) is 0 Å². The molecule has 0 heterocycles. The Bertz CT molecular complexity index is 548. The number of ketones is 1. The quantitative estimate of drug-likeness (QED) is 0.645. The Morgan fingerprint density at radius 3 is 2.60 bits per heavy atom. The maximum Gasteiger partial charge on any atom is 0.415 e. The molecular formula is C14H15F3N2O. The minimum Gasteiger partial charge on any atom is -0.353 e. The van der Waals surface area contributed by atoms with Gasteiger partial charge in [-0.25, -0.2) is 0 Å². The highest BCUT2D eigenvalue weighted by Gasteiger charge is 2.30. The van der Waals surface area contributed by atoms with Crippen molar-refractivity contribution in [1.29, 1.82) is 0 Å². The molecule has 0 unspecified atom stereocenters. The molecule has 0 fully saturated rings. The maximum absolute atomic E-state index is 12.4. The van der Waals surface area contributed by atoms with Crippen LogP contribution in [-0.2, 0) is 11.3 Å². The number of carbonyl (C=O) groups is 1. The molecule has 0 aliphatic rings. The maximum atomic E-state index is 12.4. The van der Waals surface area contributed by atoms with Crippen molar-refractivity contribution in [3.05, 3.63) is 53.8 Å². The van der Waals surface area contributed by atoms with Gasteiger partial charge in [0.25, 0.3) is 0 Å². The Hall–Kier alpha value is -2.08. The lowest BCUT2D eigenvalue weighted by Gasteiger charge is -2.12. The van der Waals surface area contributed by atoms with E-state index in [1.807, 2.05) is 0 Å². The zero-order valence-corrected chi connectivity index (χ0v) is 10.9. The first-order chi connectivity index (χ1) is 9.24. The smallest absolute Gasteiger partial charge is 0.353 e. The number of Topliss-reactive ketones (excluding diaryl/α,β-unsaturated/α-hetero) is 1. The summed E-state index contributed by atoms with van der Waals surface area (Å²) in [7, 11) is 0. The fourth-order valence-electron chi connectivity index (χ4n) is 1.41. The molecular weight excluding hydrogens is 269 g/mol. The van der Waals surface area contributed by atoms with Crippen molar-refractivity contribution in [3.63, 3.8) is 0 Å². The standard InChI is InChI=1S/C14H15F3N2O/c1-9(14(15,16)17)6-13(10(2)20)19-12-5-3-4-11(7-12)8-18/h3-7,19H,1,8,18H2,2H3/b13-6-. The Morgan fingerprint density at radius 1 is 1.45 bits per heavy atom. The second kappa shape index (κ2) is 6.38. The molecule has 0 saturated heterocycles. The largest absolute Gasteiger partial charge is 0.415 e. The number of benzene rings is 1. The van der Waals surface area contributed by atoms with Crippen LogP contribution in [0, 0.1) is 0 Å². The lowest BCUT2D eigenvalue weighted by atomic mass is 10.1. The summed E-state index contributed by atoms with van der Waals surface area (Å²) in [6.45, 7) is 4.38. The normalized spacial score (nSPS) is 12.2. The van der Waals surface area contributed by atoms with E-state index in [0.717, 1.165) is 5.56 Å². The average molecular weight is 284 g/mol. The van der Waals surface area contributed by atoms with Crippen molar-refractivity contribution in [2.45, 2.75) is 19.6 Å². The monoisotopic (exact) mass is 284 g/mol. The topological polar surface area (TPSA) is 55.1 Å². The number of carbonyl (C=O) groups excluding carboxylic acids is 1. The second-order valence-electron chi connectivity index (χ2n) is 4.17. The van der Waals surface area contributed by atoms with E-state index in [-0.39, 0.29) is 5.70 Å². The lowest BCUT2D eigenvalue weighted by Crippen LogP contribution is -2.14. The Morgan fingerprint density at radius 2 is 2.10 bits per heavy atom. The van der Waals surface area contributed by atoms with Gasteiger partial charge < -0.3 is 11.1 Å². The van der Waals surface area contributed by atoms with Crippen LogP contribution in [0.3, 0.4) is 0 Å². The number of allylic oxidation sites excluding steroid dienone is 3. The molecule has 1 aromatic carbocycles. The van der Waals surface area contributed by atoms with E-state index in [0.29, 0.717) is 18.3 Å². The third kappa shape index (κ3) is 4.55. The van der Waals surface area contributed by atoms with Crippen molar-refractivity contribution >= 4 is 11.5 Å². The van der Waals surface area contributed by atoms with Gasteiger partial charge in [0.05, 0.1) is 11.3 Å². The van der Waals surface area contributed by atoms with Gasteiger partial charge in [-0.05, 0) is 23.8 Å². The molecule has 0 aliphatic carbocycles. The Labute approximate surface area is 115 Å². The molecule has 0 aliphatic heterocycles. The van der Waals surface area contributed by atoms with Crippen molar-refractivity contribution in [3.8, 4) is 0 Å². The van der Waals surface area contributed by atoms with E-state index >= 15 is 0 Å². The molecule has 20 heavy (non-hydrogen) atoms. The van der Waals surface area contributed by atoms with Crippen LogP contribution in [0.15, 0.2) is 48.2 Å². The van der Waals surface area contributed by atoms with Gasteiger partial charge in [-0.3, -0.25) is 4.79 Å². The highest BCUT2D eigenvalue weighted by molar-refractivity contribution is 5.96. The average Bonchev–Trinajstić information content (AvgIpc) is 2.36. The van der Waals surface area contributed by atoms with Crippen LogP contribution >= 0.6 is 0 Å². The van der Waals surface area contributed by atoms with Gasteiger partial charge in [0.1, 0.15) is 0 Å². The van der Waals surface area contributed by atoms with E-state index < -0.39 is 17.5 Å². The molecule has 0 bridgehead atoms. The first kappa shape index (κ1) is 16.0. The third-order valence-corrected chi connectivity index (χ3v) is 2.50. The van der Waals surface area contributed by atoms with Gasteiger partial charge >= 0.3 is 6.18 Å². The highest BCUT2D eigenvalue weighted by atomic mass is 19.4. The van der Waals surface area contributed by atoms with Gasteiger partial charge in [0, 0.05) is 19.2 Å². The molecule has 0 amide bonds. The molecule has 0 atom stereocenters. The highest BCUT2D eigenvalue weighted by Crippen LogP contribution is 2.26. The number of alkyl halides is 3. The van der Waals surface area contributed by atoms with E-state index in [1.54, 1.807) is 24.3 Å². The van der Waals surface area contributed by atoms with Gasteiger partial charge in [-0.2, -0.15) is 13.2 Å². The predicted molar refractivity (Wildman–Crippen MR) is 71.9 cm³/mol. The SMILES string of the molecule is C=C(/C=C(\Nc1cccc(CN)c1)C(C)=O)C(F)(F)F. The van der Waals surface area contributed by atoms with Crippen LogP contribution in [0.1, 0.15) is 12.5 Å². The van der Waals surface area contributed by atoms with Crippen molar-refractivity contribution in [2.75, 3.05) is 5.32 Å². The molecule has 0 spiro atoms. The minimum atomic E-state index is -4.57. The zero-order chi connectivity index (χ0) is 15.3. The van der Waals surface area contributed by atoms with E-state index in [9.17, 15) is 18.0 Å². The predicted octanol–water partition coefficient (Wildman–Crippen LogP) is 3.15. The fourth-order valence-corrected chi connectivity index (χ4v) is 1.41. The summed E-state index contributed by atoms with van der Waals surface area (Å²) in [5.41, 5.74) is 5.49. The summed E-state index contributed by atoms with van der Waals surface area (Å²) in [5.74, 6) is -0.520. The van der Waals surface area contributed by atoms with Crippen LogP contribution in [0.4, 0.5) is 18.9 Å². The lowest BCUT2D eigenvalue weighted by molar-refractivity contribution is -0.113. The third-order valence-electron chi connectivity index (χ3n) is 2.50. The summed E-state index contributed by atoms with van der Waals surface area (Å²) in [4.78, 5) is 11.4.